The lowest BCUT2D eigenvalue weighted by Gasteiger charge is -2.33. The minimum atomic E-state index is -3.04. The van der Waals surface area contributed by atoms with Gasteiger partial charge in [0.15, 0.2) is 0 Å². The second-order valence-electron chi connectivity index (χ2n) is 9.08. The molecule has 2 aliphatic rings. The van der Waals surface area contributed by atoms with E-state index in [1.807, 2.05) is 48.5 Å². The third-order valence-corrected chi connectivity index (χ3v) is 7.05. The zero-order valence-electron chi connectivity index (χ0n) is 18.3. The average molecular weight is 460 g/mol. The van der Waals surface area contributed by atoms with E-state index in [1.165, 1.54) is 9.24 Å². The number of likely N-dealkylation sites (tertiary alicyclic amines) is 1. The first-order valence-corrected chi connectivity index (χ1v) is 12.0. The largest absolute Gasteiger partial charge is 0.349 e. The van der Waals surface area contributed by atoms with Gasteiger partial charge in [0, 0.05) is 6.04 Å². The third-order valence-electron chi connectivity index (χ3n) is 6.84. The van der Waals surface area contributed by atoms with E-state index in [9.17, 15) is 13.6 Å². The Morgan fingerprint density at radius 3 is 2.19 bits per heavy atom. The van der Waals surface area contributed by atoms with E-state index in [4.69, 9.17) is 5.73 Å². The van der Waals surface area contributed by atoms with Crippen molar-refractivity contribution in [2.24, 2.45) is 5.73 Å². The summed E-state index contributed by atoms with van der Waals surface area (Å²) >= 11 is 0. The highest BCUT2D eigenvalue weighted by molar-refractivity contribution is 7.18. The molecule has 32 heavy (non-hydrogen) atoms. The van der Waals surface area contributed by atoms with Crippen molar-refractivity contribution in [2.75, 3.05) is 26.2 Å². The van der Waals surface area contributed by atoms with Gasteiger partial charge in [-0.1, -0.05) is 64.2 Å². The van der Waals surface area contributed by atoms with Crippen LogP contribution in [0.4, 0.5) is 8.78 Å². The number of nitrogens with two attached hydrogens (primary N) is 1. The fourth-order valence-electron chi connectivity index (χ4n) is 5.20. The first-order valence-electron chi connectivity index (χ1n) is 11.4. The SMILES string of the molecule is NC1CCN(CCCCC2(C(=O)NCC(F)(F)P)c3ccccc3-c3ccccc32)CC1. The highest BCUT2D eigenvalue weighted by Gasteiger charge is 2.48. The lowest BCUT2D eigenvalue weighted by Crippen LogP contribution is -2.47. The molecule has 1 aliphatic heterocycles. The van der Waals surface area contributed by atoms with Crippen molar-refractivity contribution in [1.82, 2.24) is 10.2 Å². The third kappa shape index (κ3) is 4.73. The zero-order chi connectivity index (χ0) is 22.8. The van der Waals surface area contributed by atoms with Crippen LogP contribution < -0.4 is 11.1 Å². The van der Waals surface area contributed by atoms with Gasteiger partial charge in [-0.15, -0.1) is 0 Å². The molecule has 1 heterocycles. The van der Waals surface area contributed by atoms with Crippen LogP contribution in [-0.2, 0) is 10.2 Å². The molecule has 0 aromatic heterocycles. The smallest absolute Gasteiger partial charge is 0.275 e. The summed E-state index contributed by atoms with van der Waals surface area (Å²) in [4.78, 5) is 16.0. The number of piperidine rings is 1. The van der Waals surface area contributed by atoms with Crippen molar-refractivity contribution in [2.45, 2.75) is 49.2 Å². The Bertz CT molecular complexity index is 909. The van der Waals surface area contributed by atoms with Crippen LogP contribution in [0.25, 0.3) is 11.1 Å². The van der Waals surface area contributed by atoms with Crippen molar-refractivity contribution in [3.05, 3.63) is 59.7 Å². The molecule has 7 heteroatoms. The molecule has 3 N–H and O–H groups in total. The van der Waals surface area contributed by atoms with Gasteiger partial charge in [0.2, 0.25) is 5.91 Å². The quantitative estimate of drug-likeness (QED) is 0.461. The number of carbonyl (C=O) groups is 1. The van der Waals surface area contributed by atoms with Crippen molar-refractivity contribution in [3.63, 3.8) is 0 Å². The van der Waals surface area contributed by atoms with Crippen molar-refractivity contribution >= 4 is 15.1 Å². The van der Waals surface area contributed by atoms with E-state index in [0.717, 1.165) is 67.6 Å². The number of hydrogen-bond acceptors (Lipinski definition) is 3. The molecule has 1 unspecified atom stereocenters. The van der Waals surface area contributed by atoms with Gasteiger partial charge in [-0.3, -0.25) is 4.79 Å². The van der Waals surface area contributed by atoms with Crippen LogP contribution in [0.2, 0.25) is 0 Å². The summed E-state index contributed by atoms with van der Waals surface area (Å²) in [5, 5.41) is 2.55. The van der Waals surface area contributed by atoms with E-state index in [0.29, 0.717) is 12.5 Å². The summed E-state index contributed by atoms with van der Waals surface area (Å²) in [5.74, 6) is -0.346. The number of carbonyl (C=O) groups excluding carboxylic acids is 1. The van der Waals surface area contributed by atoms with Crippen molar-refractivity contribution in [1.29, 1.82) is 0 Å². The number of alkyl halides is 2. The molecular formula is C25H32F2N3OP. The predicted molar refractivity (Wildman–Crippen MR) is 128 cm³/mol. The van der Waals surface area contributed by atoms with Gasteiger partial charge < -0.3 is 16.0 Å². The van der Waals surface area contributed by atoms with E-state index >= 15 is 0 Å². The number of hydrogen-bond donors (Lipinski definition) is 2. The molecule has 0 radical (unpaired) electrons. The lowest BCUT2D eigenvalue weighted by atomic mass is 9.73. The summed E-state index contributed by atoms with van der Waals surface area (Å²) in [7, 11) is 1.51. The molecule has 1 fully saturated rings. The Labute approximate surface area is 191 Å². The molecule has 0 bridgehead atoms. The molecule has 4 nitrogen and oxygen atoms in total. The maximum Gasteiger partial charge on any atom is 0.275 e. The fourth-order valence-corrected chi connectivity index (χ4v) is 5.31. The number of unbranched alkanes of at least 4 members (excludes halogenated alkanes) is 1. The fraction of sp³-hybridized carbons (Fsp3) is 0.480. The molecule has 1 saturated heterocycles. The highest BCUT2D eigenvalue weighted by atomic mass is 31.0. The number of amides is 1. The Balaban J connectivity index is 1.58. The van der Waals surface area contributed by atoms with Crippen LogP contribution in [0.3, 0.4) is 0 Å². The Morgan fingerprint density at radius 1 is 1.06 bits per heavy atom. The molecule has 1 aliphatic carbocycles. The van der Waals surface area contributed by atoms with Crippen LogP contribution in [-0.4, -0.2) is 48.7 Å². The lowest BCUT2D eigenvalue weighted by molar-refractivity contribution is -0.126. The molecule has 1 atom stereocenters. The predicted octanol–water partition coefficient (Wildman–Crippen LogP) is 4.13. The van der Waals surface area contributed by atoms with Gasteiger partial charge in [0.05, 0.1) is 6.54 Å². The Morgan fingerprint density at radius 2 is 1.62 bits per heavy atom. The van der Waals surface area contributed by atoms with Crippen LogP contribution in [0, 0.1) is 0 Å². The zero-order valence-corrected chi connectivity index (χ0v) is 19.5. The van der Waals surface area contributed by atoms with Crippen LogP contribution >= 0.6 is 9.24 Å². The average Bonchev–Trinajstić information content (AvgIpc) is 3.07. The van der Waals surface area contributed by atoms with Gasteiger partial charge in [-0.2, -0.15) is 0 Å². The van der Waals surface area contributed by atoms with Gasteiger partial charge in [-0.05, 0) is 67.6 Å². The number of rotatable bonds is 8. The van der Waals surface area contributed by atoms with E-state index in [-0.39, 0.29) is 5.91 Å². The van der Waals surface area contributed by atoms with Crippen molar-refractivity contribution < 1.29 is 13.6 Å². The molecule has 2 aromatic rings. The Hall–Kier alpha value is -1.88. The summed E-state index contributed by atoms with van der Waals surface area (Å²) in [6.07, 6.45) is 4.42. The van der Waals surface area contributed by atoms with Crippen LogP contribution in [0.15, 0.2) is 48.5 Å². The second kappa shape index (κ2) is 9.54. The number of halogens is 2. The van der Waals surface area contributed by atoms with Gasteiger partial charge in [-0.25, -0.2) is 8.78 Å². The molecule has 0 spiro atoms. The van der Waals surface area contributed by atoms with Crippen LogP contribution in [0.1, 0.15) is 43.2 Å². The molecular weight excluding hydrogens is 427 g/mol. The topological polar surface area (TPSA) is 58.4 Å². The monoisotopic (exact) mass is 459 g/mol. The van der Waals surface area contributed by atoms with E-state index < -0.39 is 17.6 Å². The Kier molecular flexibility index (Phi) is 6.94. The second-order valence-corrected chi connectivity index (χ2v) is 9.92. The molecule has 2 aromatic carbocycles. The first-order chi connectivity index (χ1) is 15.3. The van der Waals surface area contributed by atoms with Gasteiger partial charge in [0.25, 0.3) is 5.66 Å². The molecule has 4 rings (SSSR count). The van der Waals surface area contributed by atoms with Gasteiger partial charge in [0.1, 0.15) is 5.41 Å². The summed E-state index contributed by atoms with van der Waals surface area (Å²) in [6.45, 7) is 2.30. The number of nitrogens with zero attached hydrogens (tertiary/aromatic N) is 1. The minimum absolute atomic E-state index is 0.305. The van der Waals surface area contributed by atoms with E-state index in [1.54, 1.807) is 0 Å². The first kappa shape index (κ1) is 23.3. The van der Waals surface area contributed by atoms with Crippen LogP contribution in [0.5, 0.6) is 0 Å². The maximum absolute atomic E-state index is 13.6. The highest BCUT2D eigenvalue weighted by Crippen LogP contribution is 2.51. The van der Waals surface area contributed by atoms with E-state index in [2.05, 4.69) is 10.2 Å². The molecule has 172 valence electrons. The van der Waals surface area contributed by atoms with Gasteiger partial charge >= 0.3 is 0 Å². The number of nitrogens with one attached hydrogen (secondary N) is 1. The molecule has 1 amide bonds. The number of benzene rings is 2. The normalized spacial score (nSPS) is 18.2. The number of fused-ring (bicyclic) bond motifs is 3. The minimum Gasteiger partial charge on any atom is -0.349 e. The van der Waals surface area contributed by atoms with Crippen molar-refractivity contribution in [3.8, 4) is 11.1 Å². The maximum atomic E-state index is 13.6. The molecule has 0 saturated carbocycles. The summed E-state index contributed by atoms with van der Waals surface area (Å²) in [5.41, 5.74) is 5.87. The summed E-state index contributed by atoms with van der Waals surface area (Å²) in [6, 6.07) is 16.1. The standard InChI is InChI=1S/C25H32F2N3OP/c26-25(27,32)17-29-23(31)24(13-5-6-14-30-15-11-18(28)12-16-30)21-9-3-1-7-19(21)20-8-2-4-10-22(20)24/h1-4,7-10,18H,5-6,11-17,28,32H2,(H,29,31). The summed E-state index contributed by atoms with van der Waals surface area (Å²) < 4.78 is 27.1.